The molecule has 0 radical (unpaired) electrons. The molecule has 1 aliphatic rings. The molecule has 1 aliphatic heterocycles. The number of carbonyl (C=O) groups excluding carboxylic acids is 1. The minimum Gasteiger partial charge on any atom is -0.383 e. The molecule has 2 rings (SSSR count). The first-order chi connectivity index (χ1) is 8.63. The van der Waals surface area contributed by atoms with Crippen LogP contribution in [0.15, 0.2) is 11.2 Å². The van der Waals surface area contributed by atoms with Crippen molar-refractivity contribution in [3.05, 3.63) is 17.5 Å². The lowest BCUT2D eigenvalue weighted by Gasteiger charge is -2.06. The fourth-order valence-electron chi connectivity index (χ4n) is 1.78. The van der Waals surface area contributed by atoms with Gasteiger partial charge in [0.2, 0.25) is 0 Å². The minimum atomic E-state index is -0.417. The van der Waals surface area contributed by atoms with Gasteiger partial charge < -0.3 is 10.1 Å². The molecule has 1 aromatic heterocycles. The number of amides is 1. The van der Waals surface area contributed by atoms with Gasteiger partial charge in [0.25, 0.3) is 5.91 Å². The molecular weight excluding hydrogens is 234 g/mol. The van der Waals surface area contributed by atoms with Gasteiger partial charge in [-0.2, -0.15) is 5.10 Å². The number of aromatic nitrogens is 2. The zero-order valence-electron chi connectivity index (χ0n) is 10.7. The fourth-order valence-corrected chi connectivity index (χ4v) is 1.78. The smallest absolute Gasteiger partial charge is 0.254 e. The van der Waals surface area contributed by atoms with Crippen molar-refractivity contribution < 1.29 is 9.53 Å². The molecule has 0 spiro atoms. The number of nitrogens with zero attached hydrogens (tertiary/aromatic N) is 3. The van der Waals surface area contributed by atoms with Crippen LogP contribution in [0.25, 0.3) is 0 Å². The summed E-state index contributed by atoms with van der Waals surface area (Å²) >= 11 is 0. The Morgan fingerprint density at radius 2 is 2.39 bits per heavy atom. The number of guanidine groups is 1. The van der Waals surface area contributed by atoms with E-state index in [1.807, 2.05) is 14.0 Å². The lowest BCUT2D eigenvalue weighted by atomic mass is 10.1. The van der Waals surface area contributed by atoms with Crippen LogP contribution in [-0.2, 0) is 16.6 Å². The molecule has 0 saturated carbocycles. The Bertz CT molecular complexity index is 480. The first-order valence-electron chi connectivity index (χ1n) is 5.72. The molecule has 1 saturated heterocycles. The van der Waals surface area contributed by atoms with Crippen LogP contribution in [0.1, 0.15) is 17.3 Å². The first kappa shape index (κ1) is 12.6. The van der Waals surface area contributed by atoms with Crippen molar-refractivity contribution in [2.75, 3.05) is 20.3 Å². The molecule has 0 bridgehead atoms. The summed E-state index contributed by atoms with van der Waals surface area (Å²) in [5.41, 5.74) is 1.83. The molecule has 7 nitrogen and oxygen atoms in total. The number of aliphatic imine (C=N–C) groups is 1. The number of aryl methyl sites for hydroxylation is 1. The predicted octanol–water partition coefficient (Wildman–Crippen LogP) is -0.509. The van der Waals surface area contributed by atoms with E-state index in [1.54, 1.807) is 18.0 Å². The summed E-state index contributed by atoms with van der Waals surface area (Å²) in [6, 6.07) is -0.417. The summed E-state index contributed by atoms with van der Waals surface area (Å²) in [6.45, 7) is 2.97. The second-order valence-corrected chi connectivity index (χ2v) is 4.10. The van der Waals surface area contributed by atoms with E-state index in [2.05, 4.69) is 20.7 Å². The highest BCUT2D eigenvalue weighted by Gasteiger charge is 2.31. The Hall–Kier alpha value is -1.89. The molecule has 18 heavy (non-hydrogen) atoms. The van der Waals surface area contributed by atoms with E-state index >= 15 is 0 Å². The summed E-state index contributed by atoms with van der Waals surface area (Å²) < 4.78 is 6.64. The van der Waals surface area contributed by atoms with Gasteiger partial charge in [0.15, 0.2) is 5.96 Å². The molecule has 0 aromatic carbocycles. The molecular formula is C11H17N5O2. The molecule has 98 valence electrons. The third kappa shape index (κ3) is 2.35. The van der Waals surface area contributed by atoms with Gasteiger partial charge in [-0.25, -0.2) is 0 Å². The van der Waals surface area contributed by atoms with Gasteiger partial charge in [0.1, 0.15) is 6.04 Å². The van der Waals surface area contributed by atoms with Gasteiger partial charge in [0, 0.05) is 25.4 Å². The Morgan fingerprint density at radius 1 is 1.61 bits per heavy atom. The summed E-state index contributed by atoms with van der Waals surface area (Å²) in [5, 5.41) is 9.89. The maximum atomic E-state index is 11.9. The van der Waals surface area contributed by atoms with E-state index in [-0.39, 0.29) is 5.91 Å². The number of methoxy groups -OCH3 is 1. The van der Waals surface area contributed by atoms with E-state index in [1.165, 1.54) is 0 Å². The third-order valence-corrected chi connectivity index (χ3v) is 2.93. The van der Waals surface area contributed by atoms with Crippen molar-refractivity contribution in [1.82, 2.24) is 20.4 Å². The third-order valence-electron chi connectivity index (χ3n) is 2.93. The highest BCUT2D eigenvalue weighted by molar-refractivity contribution is 6.06. The van der Waals surface area contributed by atoms with Gasteiger partial charge in [-0.3, -0.25) is 19.8 Å². The van der Waals surface area contributed by atoms with Crippen LogP contribution in [-0.4, -0.2) is 41.9 Å². The molecule has 1 unspecified atom stereocenters. The summed E-state index contributed by atoms with van der Waals surface area (Å²) in [6.07, 6.45) is 1.70. The predicted molar refractivity (Wildman–Crippen MR) is 66.1 cm³/mol. The number of ether oxygens (including phenoxy) is 1. The maximum Gasteiger partial charge on any atom is 0.254 e. The standard InChI is InChI=1S/C11H17N5O2/c1-7-8(6-13-16(7)2)9-10(17)15-11(14-9)12-4-5-18-3/h6,9H,4-5H2,1-3H3,(H2,12,14,15,17). The Balaban J connectivity index is 2.10. The summed E-state index contributed by atoms with van der Waals surface area (Å²) in [7, 11) is 3.46. The van der Waals surface area contributed by atoms with E-state index in [0.717, 1.165) is 11.3 Å². The Labute approximate surface area is 105 Å². The molecule has 0 aliphatic carbocycles. The van der Waals surface area contributed by atoms with E-state index in [9.17, 15) is 4.79 Å². The summed E-state index contributed by atoms with van der Waals surface area (Å²) in [5.74, 6) is 0.382. The lowest BCUT2D eigenvalue weighted by Crippen LogP contribution is -2.26. The molecule has 1 fully saturated rings. The number of rotatable bonds is 4. The number of carbonyl (C=O) groups is 1. The second kappa shape index (κ2) is 5.18. The van der Waals surface area contributed by atoms with Crippen molar-refractivity contribution in [2.45, 2.75) is 13.0 Å². The van der Waals surface area contributed by atoms with Crippen molar-refractivity contribution in [3.8, 4) is 0 Å². The largest absolute Gasteiger partial charge is 0.383 e. The molecule has 7 heteroatoms. The van der Waals surface area contributed by atoms with Crippen LogP contribution >= 0.6 is 0 Å². The minimum absolute atomic E-state index is 0.109. The Kier molecular flexibility index (Phi) is 3.61. The average molecular weight is 251 g/mol. The summed E-state index contributed by atoms with van der Waals surface area (Å²) in [4.78, 5) is 16.1. The van der Waals surface area contributed by atoms with Gasteiger partial charge >= 0.3 is 0 Å². The maximum absolute atomic E-state index is 11.9. The van der Waals surface area contributed by atoms with Crippen LogP contribution in [0, 0.1) is 6.92 Å². The fraction of sp³-hybridized carbons (Fsp3) is 0.545. The number of hydrogen-bond acceptors (Lipinski definition) is 4. The van der Waals surface area contributed by atoms with Gasteiger partial charge in [-0.1, -0.05) is 0 Å². The SMILES string of the molecule is COCCN=C1NC(=O)C(c2cnn(C)c2C)N1. The van der Waals surface area contributed by atoms with Gasteiger partial charge in [-0.15, -0.1) is 0 Å². The van der Waals surface area contributed by atoms with Gasteiger partial charge in [-0.05, 0) is 6.92 Å². The molecule has 1 aromatic rings. The molecule has 1 atom stereocenters. The highest BCUT2D eigenvalue weighted by atomic mass is 16.5. The highest BCUT2D eigenvalue weighted by Crippen LogP contribution is 2.19. The quantitative estimate of drug-likeness (QED) is 0.706. The first-order valence-corrected chi connectivity index (χ1v) is 5.72. The molecule has 2 N–H and O–H groups in total. The van der Waals surface area contributed by atoms with Crippen molar-refractivity contribution in [2.24, 2.45) is 12.0 Å². The monoisotopic (exact) mass is 251 g/mol. The van der Waals surface area contributed by atoms with Crippen molar-refractivity contribution >= 4 is 11.9 Å². The topological polar surface area (TPSA) is 80.5 Å². The van der Waals surface area contributed by atoms with Crippen LogP contribution < -0.4 is 10.6 Å². The van der Waals surface area contributed by atoms with E-state index < -0.39 is 6.04 Å². The van der Waals surface area contributed by atoms with E-state index in [0.29, 0.717) is 19.1 Å². The molecule has 2 heterocycles. The van der Waals surface area contributed by atoms with Crippen LogP contribution in [0.5, 0.6) is 0 Å². The van der Waals surface area contributed by atoms with Crippen LogP contribution in [0.4, 0.5) is 0 Å². The number of nitrogens with one attached hydrogen (secondary N) is 2. The zero-order chi connectivity index (χ0) is 13.1. The van der Waals surface area contributed by atoms with E-state index in [4.69, 9.17) is 4.74 Å². The molecule has 1 amide bonds. The van der Waals surface area contributed by atoms with Gasteiger partial charge in [0.05, 0.1) is 19.3 Å². The van der Waals surface area contributed by atoms with Crippen LogP contribution in [0.3, 0.4) is 0 Å². The Morgan fingerprint density at radius 3 is 3.00 bits per heavy atom. The number of hydrogen-bond donors (Lipinski definition) is 2. The zero-order valence-corrected chi connectivity index (χ0v) is 10.7. The van der Waals surface area contributed by atoms with Crippen molar-refractivity contribution in [3.63, 3.8) is 0 Å². The average Bonchev–Trinajstić information content (AvgIpc) is 2.85. The van der Waals surface area contributed by atoms with Crippen LogP contribution in [0.2, 0.25) is 0 Å². The van der Waals surface area contributed by atoms with Crippen molar-refractivity contribution in [1.29, 1.82) is 0 Å². The lowest BCUT2D eigenvalue weighted by molar-refractivity contribution is -0.120. The normalized spacial score (nSPS) is 21.2. The second-order valence-electron chi connectivity index (χ2n) is 4.10.